The minimum absolute atomic E-state index is 0.456. The molecule has 1 amide bonds. The van der Waals surface area contributed by atoms with E-state index in [9.17, 15) is 13.6 Å². The van der Waals surface area contributed by atoms with E-state index in [0.29, 0.717) is 5.69 Å². The summed E-state index contributed by atoms with van der Waals surface area (Å²) in [4.78, 5) is 16.7. The quantitative estimate of drug-likeness (QED) is 0.584. The zero-order chi connectivity index (χ0) is 20.5. The van der Waals surface area contributed by atoms with Gasteiger partial charge in [0.1, 0.15) is 17.2 Å². The monoisotopic (exact) mass is 388 g/mol. The third kappa shape index (κ3) is 3.72. The predicted octanol–water partition coefficient (Wildman–Crippen LogP) is 6.01. The Hall–Kier alpha value is -3.60. The number of aliphatic imine (C=N–C) groups is 1. The van der Waals surface area contributed by atoms with Crippen molar-refractivity contribution in [3.05, 3.63) is 95.1 Å². The molecule has 0 atom stereocenters. The smallest absolute Gasteiger partial charge is 0.261 e. The van der Waals surface area contributed by atoms with E-state index < -0.39 is 23.1 Å². The second-order valence-corrected chi connectivity index (χ2v) is 6.94. The van der Waals surface area contributed by atoms with Crippen LogP contribution in [0.1, 0.15) is 28.4 Å². The summed E-state index contributed by atoms with van der Waals surface area (Å²) in [7, 11) is 0. The molecule has 0 aromatic heterocycles. The zero-order valence-corrected chi connectivity index (χ0v) is 16.0. The van der Waals surface area contributed by atoms with Crippen LogP contribution >= 0.6 is 0 Å². The van der Waals surface area contributed by atoms with Crippen LogP contribution in [0, 0.1) is 18.6 Å². The first-order valence-electron chi connectivity index (χ1n) is 9.16. The van der Waals surface area contributed by atoms with Crippen molar-refractivity contribution in [2.75, 3.05) is 5.32 Å². The Labute approximate surface area is 167 Å². The fraction of sp³-hybridized carbons (Fsp3) is 0.0833. The summed E-state index contributed by atoms with van der Waals surface area (Å²) < 4.78 is 27.6. The Morgan fingerprint density at radius 2 is 1.52 bits per heavy atom. The fourth-order valence-electron chi connectivity index (χ4n) is 3.27. The van der Waals surface area contributed by atoms with Crippen molar-refractivity contribution in [1.29, 1.82) is 0 Å². The molecular weight excluding hydrogens is 370 g/mol. The SMILES string of the molecule is CC1=NC(c2ccc(C)c(-c3ccc(NC(=O)c4c(F)cccc4F)cc3)c2)=C1. The number of aryl methyl sites for hydroxylation is 1. The lowest BCUT2D eigenvalue weighted by atomic mass is 9.95. The highest BCUT2D eigenvalue weighted by Crippen LogP contribution is 2.31. The van der Waals surface area contributed by atoms with Gasteiger partial charge in [-0.15, -0.1) is 0 Å². The summed E-state index contributed by atoms with van der Waals surface area (Å²) in [6.07, 6.45) is 2.04. The number of carbonyl (C=O) groups excluding carboxylic acids is 1. The lowest BCUT2D eigenvalue weighted by Gasteiger charge is -2.14. The molecule has 1 aliphatic heterocycles. The largest absolute Gasteiger partial charge is 0.322 e. The van der Waals surface area contributed by atoms with E-state index in [-0.39, 0.29) is 0 Å². The van der Waals surface area contributed by atoms with Gasteiger partial charge in [-0.05, 0) is 66.9 Å². The Morgan fingerprint density at radius 3 is 2.14 bits per heavy atom. The molecule has 0 radical (unpaired) electrons. The van der Waals surface area contributed by atoms with Gasteiger partial charge in [0.25, 0.3) is 5.91 Å². The molecule has 3 aromatic rings. The van der Waals surface area contributed by atoms with Crippen molar-refractivity contribution in [2.24, 2.45) is 4.99 Å². The lowest BCUT2D eigenvalue weighted by molar-refractivity contribution is 0.101. The summed E-state index contributed by atoms with van der Waals surface area (Å²) in [5.41, 5.74) is 6.01. The van der Waals surface area contributed by atoms with Crippen LogP contribution in [0.4, 0.5) is 14.5 Å². The number of allylic oxidation sites excluding steroid dienone is 1. The number of carbonyl (C=O) groups is 1. The van der Waals surface area contributed by atoms with Gasteiger partial charge in [-0.3, -0.25) is 9.79 Å². The Morgan fingerprint density at radius 1 is 0.897 bits per heavy atom. The molecule has 1 heterocycles. The minimum atomic E-state index is -0.894. The third-order valence-corrected chi connectivity index (χ3v) is 4.82. The fourth-order valence-corrected chi connectivity index (χ4v) is 3.27. The molecule has 0 spiro atoms. The van der Waals surface area contributed by atoms with E-state index in [1.165, 1.54) is 6.07 Å². The average Bonchev–Trinajstić information content (AvgIpc) is 2.67. The molecule has 3 aromatic carbocycles. The van der Waals surface area contributed by atoms with Crippen LogP contribution in [0.15, 0.2) is 71.7 Å². The van der Waals surface area contributed by atoms with Crippen LogP contribution < -0.4 is 5.32 Å². The number of anilines is 1. The van der Waals surface area contributed by atoms with E-state index in [2.05, 4.69) is 16.4 Å². The van der Waals surface area contributed by atoms with Gasteiger partial charge in [0.15, 0.2) is 0 Å². The summed E-state index contributed by atoms with van der Waals surface area (Å²) in [5.74, 6) is -2.61. The van der Waals surface area contributed by atoms with Gasteiger partial charge >= 0.3 is 0 Å². The van der Waals surface area contributed by atoms with Crippen LogP contribution in [0.5, 0.6) is 0 Å². The molecule has 0 fully saturated rings. The van der Waals surface area contributed by atoms with Gasteiger partial charge in [0.05, 0.1) is 5.70 Å². The topological polar surface area (TPSA) is 41.5 Å². The molecule has 0 bridgehead atoms. The first-order valence-corrected chi connectivity index (χ1v) is 9.16. The van der Waals surface area contributed by atoms with Crippen LogP contribution in [0.3, 0.4) is 0 Å². The maximum Gasteiger partial charge on any atom is 0.261 e. The van der Waals surface area contributed by atoms with Crippen molar-refractivity contribution >= 4 is 23.0 Å². The third-order valence-electron chi connectivity index (χ3n) is 4.82. The summed E-state index contributed by atoms with van der Waals surface area (Å²) >= 11 is 0. The number of amides is 1. The maximum absolute atomic E-state index is 13.8. The van der Waals surface area contributed by atoms with Crippen molar-refractivity contribution in [1.82, 2.24) is 0 Å². The first kappa shape index (κ1) is 18.7. The maximum atomic E-state index is 13.8. The average molecular weight is 388 g/mol. The molecule has 0 aliphatic carbocycles. The second-order valence-electron chi connectivity index (χ2n) is 6.94. The van der Waals surface area contributed by atoms with Crippen molar-refractivity contribution in [3.63, 3.8) is 0 Å². The van der Waals surface area contributed by atoms with Gasteiger partial charge < -0.3 is 5.32 Å². The number of rotatable bonds is 4. The highest BCUT2D eigenvalue weighted by atomic mass is 19.1. The number of hydrogen-bond donors (Lipinski definition) is 1. The highest BCUT2D eigenvalue weighted by molar-refractivity contribution is 6.09. The zero-order valence-electron chi connectivity index (χ0n) is 16.0. The standard InChI is InChI=1S/C24H18F2N2O/c1-14-6-7-17(22-12-15(2)27-22)13-19(14)16-8-10-18(11-9-16)28-24(29)23-20(25)4-3-5-21(23)26/h3-13H,1-2H3,(H,28,29). The molecule has 5 heteroatoms. The van der Waals surface area contributed by atoms with Crippen molar-refractivity contribution in [2.45, 2.75) is 13.8 Å². The first-order chi connectivity index (χ1) is 13.9. The van der Waals surface area contributed by atoms with Crippen LogP contribution in [-0.2, 0) is 0 Å². The normalized spacial score (nSPS) is 12.7. The number of hydrogen-bond acceptors (Lipinski definition) is 2. The molecule has 1 aliphatic rings. The minimum Gasteiger partial charge on any atom is -0.322 e. The Balaban J connectivity index is 1.56. The molecule has 0 unspecified atom stereocenters. The molecule has 1 N–H and O–H groups in total. The van der Waals surface area contributed by atoms with E-state index in [1.807, 2.05) is 44.2 Å². The van der Waals surface area contributed by atoms with E-state index >= 15 is 0 Å². The Bertz CT molecular complexity index is 1160. The van der Waals surface area contributed by atoms with Gasteiger partial charge in [0.2, 0.25) is 0 Å². The van der Waals surface area contributed by atoms with Gasteiger partial charge in [-0.2, -0.15) is 0 Å². The molecule has 0 saturated heterocycles. The summed E-state index contributed by atoms with van der Waals surface area (Å²) in [6.45, 7) is 3.98. The lowest BCUT2D eigenvalue weighted by Crippen LogP contribution is -2.15. The predicted molar refractivity (Wildman–Crippen MR) is 112 cm³/mol. The van der Waals surface area contributed by atoms with Crippen LogP contribution in [-0.4, -0.2) is 11.6 Å². The Kier molecular flexibility index (Phi) is 4.80. The number of halogens is 2. The van der Waals surface area contributed by atoms with Crippen LogP contribution in [0.25, 0.3) is 16.8 Å². The van der Waals surface area contributed by atoms with Crippen molar-refractivity contribution < 1.29 is 13.6 Å². The summed E-state index contributed by atoms with van der Waals surface area (Å²) in [5, 5.41) is 2.54. The van der Waals surface area contributed by atoms with E-state index in [0.717, 1.165) is 45.8 Å². The highest BCUT2D eigenvalue weighted by Gasteiger charge is 2.17. The van der Waals surface area contributed by atoms with Gasteiger partial charge in [-0.1, -0.05) is 30.3 Å². The van der Waals surface area contributed by atoms with Gasteiger partial charge in [0, 0.05) is 17.0 Å². The molecule has 144 valence electrons. The molecule has 3 nitrogen and oxygen atoms in total. The summed E-state index contributed by atoms with van der Waals surface area (Å²) in [6, 6.07) is 16.7. The van der Waals surface area contributed by atoms with Gasteiger partial charge in [-0.25, -0.2) is 8.78 Å². The molecule has 0 saturated carbocycles. The van der Waals surface area contributed by atoms with Crippen molar-refractivity contribution in [3.8, 4) is 11.1 Å². The molecular formula is C24H18F2N2O. The molecule has 29 heavy (non-hydrogen) atoms. The van der Waals surface area contributed by atoms with E-state index in [1.54, 1.807) is 12.1 Å². The molecule has 4 rings (SSSR count). The van der Waals surface area contributed by atoms with Crippen LogP contribution in [0.2, 0.25) is 0 Å². The number of nitrogens with zero attached hydrogens (tertiary/aromatic N) is 1. The second kappa shape index (κ2) is 7.43. The number of benzene rings is 3. The number of nitrogens with one attached hydrogen (secondary N) is 1. The van der Waals surface area contributed by atoms with E-state index in [4.69, 9.17) is 0 Å².